The zero-order valence-electron chi connectivity index (χ0n) is 18.8. The van der Waals surface area contributed by atoms with Crippen molar-refractivity contribution in [2.24, 2.45) is 0 Å². The number of aromatic nitrogens is 1. The fourth-order valence-corrected chi connectivity index (χ4v) is 5.39. The third-order valence-electron chi connectivity index (χ3n) is 5.13. The molecule has 3 aromatic rings. The average molecular weight is 533 g/mol. The van der Waals surface area contributed by atoms with Crippen LogP contribution in [0.15, 0.2) is 41.3 Å². The Bertz CT molecular complexity index is 1050. The number of anilines is 1. The summed E-state index contributed by atoms with van der Waals surface area (Å²) >= 11 is 9.33. The van der Waals surface area contributed by atoms with Crippen LogP contribution in [-0.4, -0.2) is 54.8 Å². The molecule has 1 aromatic heterocycles. The predicted molar refractivity (Wildman–Crippen MR) is 140 cm³/mol. The van der Waals surface area contributed by atoms with Crippen molar-refractivity contribution in [2.45, 2.75) is 25.2 Å². The Hall–Kier alpha value is -1.58. The van der Waals surface area contributed by atoms with Gasteiger partial charge in [-0.2, -0.15) is 0 Å². The van der Waals surface area contributed by atoms with Gasteiger partial charge < -0.3 is 9.64 Å². The molecule has 0 radical (unpaired) electrons. The maximum absolute atomic E-state index is 13.2. The molecule has 0 aliphatic carbocycles. The van der Waals surface area contributed by atoms with E-state index >= 15 is 0 Å². The molecule has 1 amide bonds. The molecule has 0 spiro atoms. The van der Waals surface area contributed by atoms with E-state index in [0.29, 0.717) is 40.1 Å². The lowest BCUT2D eigenvalue weighted by molar-refractivity contribution is -0.118. The number of thioether (sulfide) groups is 1. The number of methoxy groups -OCH3 is 1. The second kappa shape index (κ2) is 13.3. The summed E-state index contributed by atoms with van der Waals surface area (Å²) in [6.07, 6.45) is 0.348. The minimum absolute atomic E-state index is 0. The Labute approximate surface area is 213 Å². The third kappa shape index (κ3) is 7.20. The van der Waals surface area contributed by atoms with Crippen molar-refractivity contribution in [3.8, 4) is 5.75 Å². The van der Waals surface area contributed by atoms with Gasteiger partial charge in [0.2, 0.25) is 5.91 Å². The zero-order valence-corrected chi connectivity index (χ0v) is 22.1. The minimum atomic E-state index is -0.266. The van der Waals surface area contributed by atoms with E-state index in [1.54, 1.807) is 36.3 Å². The van der Waals surface area contributed by atoms with Crippen molar-refractivity contribution in [3.63, 3.8) is 0 Å². The number of benzene rings is 2. The number of hydrogen-bond donors (Lipinski definition) is 0. The van der Waals surface area contributed by atoms with Crippen molar-refractivity contribution in [1.29, 1.82) is 0 Å². The van der Waals surface area contributed by atoms with Crippen LogP contribution in [0.1, 0.15) is 20.3 Å². The Balaban J connectivity index is 0.00000385. The molecule has 0 atom stereocenters. The number of fused-ring (bicyclic) bond motifs is 1. The molecule has 0 N–H and O–H groups in total. The van der Waals surface area contributed by atoms with Crippen LogP contribution in [0.25, 0.3) is 10.2 Å². The molecule has 0 unspecified atom stereocenters. The maximum Gasteiger partial charge on any atom is 0.229 e. The van der Waals surface area contributed by atoms with Crippen LogP contribution >= 0.6 is 47.1 Å². The first-order valence-electron chi connectivity index (χ1n) is 10.5. The summed E-state index contributed by atoms with van der Waals surface area (Å²) in [6, 6.07) is 9.88. The first kappa shape index (κ1) is 27.7. The highest BCUT2D eigenvalue weighted by atomic mass is 35.5. The summed E-state index contributed by atoms with van der Waals surface area (Å²) in [4.78, 5) is 22.9. The van der Waals surface area contributed by atoms with Gasteiger partial charge in [0.1, 0.15) is 17.1 Å². The maximum atomic E-state index is 13.2. The van der Waals surface area contributed by atoms with E-state index in [2.05, 4.69) is 18.7 Å². The third-order valence-corrected chi connectivity index (χ3v) is 7.68. The summed E-state index contributed by atoms with van der Waals surface area (Å²) < 4.78 is 19.4. The first-order chi connectivity index (χ1) is 15.5. The van der Waals surface area contributed by atoms with Crippen molar-refractivity contribution in [1.82, 2.24) is 9.88 Å². The molecule has 0 saturated carbocycles. The molecule has 33 heavy (non-hydrogen) atoms. The van der Waals surface area contributed by atoms with Crippen LogP contribution in [0.3, 0.4) is 0 Å². The highest BCUT2D eigenvalue weighted by Gasteiger charge is 2.22. The van der Waals surface area contributed by atoms with Gasteiger partial charge in [0, 0.05) is 30.2 Å². The summed E-state index contributed by atoms with van der Waals surface area (Å²) in [5.41, 5.74) is 0.668. The van der Waals surface area contributed by atoms with Crippen LogP contribution in [0.5, 0.6) is 5.75 Å². The van der Waals surface area contributed by atoms with Gasteiger partial charge in [-0.3, -0.25) is 9.69 Å². The molecule has 0 saturated heterocycles. The number of carbonyl (C=O) groups excluding carboxylic acids is 1. The molecule has 3 rings (SSSR count). The molecule has 180 valence electrons. The monoisotopic (exact) mass is 531 g/mol. The average Bonchev–Trinajstić information content (AvgIpc) is 3.24. The van der Waals surface area contributed by atoms with Gasteiger partial charge in [0.15, 0.2) is 5.13 Å². The molecule has 0 bridgehead atoms. The smallest absolute Gasteiger partial charge is 0.229 e. The number of halogens is 3. The van der Waals surface area contributed by atoms with E-state index in [4.69, 9.17) is 21.3 Å². The number of nitrogens with zero attached hydrogens (tertiary/aromatic N) is 3. The second-order valence-corrected chi connectivity index (χ2v) is 9.60. The summed E-state index contributed by atoms with van der Waals surface area (Å²) in [5.74, 6) is 0.968. The van der Waals surface area contributed by atoms with Crippen LogP contribution in [0, 0.1) is 5.82 Å². The van der Waals surface area contributed by atoms with Gasteiger partial charge in [0.05, 0.1) is 16.8 Å². The van der Waals surface area contributed by atoms with Gasteiger partial charge in [-0.15, -0.1) is 24.2 Å². The fourth-order valence-electron chi connectivity index (χ4n) is 3.25. The number of ether oxygens (including phenoxy) is 1. The summed E-state index contributed by atoms with van der Waals surface area (Å²) in [5, 5.41) is 1.21. The number of likely N-dealkylation sites (N-methyl/N-ethyl adjacent to an activating group) is 1. The van der Waals surface area contributed by atoms with E-state index < -0.39 is 0 Å². The van der Waals surface area contributed by atoms with Gasteiger partial charge in [0.25, 0.3) is 0 Å². The van der Waals surface area contributed by atoms with Gasteiger partial charge in [-0.05, 0) is 49.5 Å². The van der Waals surface area contributed by atoms with E-state index in [9.17, 15) is 9.18 Å². The van der Waals surface area contributed by atoms with Gasteiger partial charge in [-0.1, -0.05) is 36.8 Å². The number of thiazole rings is 1. The van der Waals surface area contributed by atoms with E-state index in [1.807, 2.05) is 0 Å². The number of amides is 1. The standard InChI is InChI=1S/C23H27ClFN3O2S2.ClH/c1-4-27(5-2)13-14-28(20(29)12-15-31-17-8-6-16(25)7-9-17)23-26-21-19(30-3)11-10-18(24)22(21)32-23;/h6-11H,4-5,12-15H2,1-3H3;1H. The largest absolute Gasteiger partial charge is 0.494 e. The molecular formula is C23H28Cl2FN3O2S2. The van der Waals surface area contributed by atoms with Crippen LogP contribution in [0.2, 0.25) is 5.02 Å². The Kier molecular flexibility index (Phi) is 11.2. The molecule has 10 heteroatoms. The molecule has 0 aliphatic rings. The lowest BCUT2D eigenvalue weighted by Crippen LogP contribution is -2.39. The normalized spacial score (nSPS) is 11.0. The molecule has 2 aromatic carbocycles. The lowest BCUT2D eigenvalue weighted by atomic mass is 10.3. The van der Waals surface area contributed by atoms with Crippen LogP contribution in [0.4, 0.5) is 9.52 Å². The Morgan fingerprint density at radius 1 is 1.15 bits per heavy atom. The Morgan fingerprint density at radius 3 is 2.48 bits per heavy atom. The molecule has 0 aliphatic heterocycles. The number of rotatable bonds is 11. The van der Waals surface area contributed by atoms with E-state index in [1.165, 1.54) is 35.2 Å². The highest BCUT2D eigenvalue weighted by molar-refractivity contribution is 7.99. The lowest BCUT2D eigenvalue weighted by Gasteiger charge is -2.24. The van der Waals surface area contributed by atoms with Crippen molar-refractivity contribution < 1.29 is 13.9 Å². The number of carbonyl (C=O) groups is 1. The second-order valence-electron chi connectivity index (χ2n) is 7.05. The summed E-state index contributed by atoms with van der Waals surface area (Å²) in [6.45, 7) is 7.34. The van der Waals surface area contributed by atoms with Gasteiger partial charge >= 0.3 is 0 Å². The first-order valence-corrected chi connectivity index (χ1v) is 12.7. The quantitative estimate of drug-likeness (QED) is 0.268. The van der Waals surface area contributed by atoms with Crippen molar-refractivity contribution in [3.05, 3.63) is 47.2 Å². The van der Waals surface area contributed by atoms with E-state index in [0.717, 1.165) is 29.2 Å². The topological polar surface area (TPSA) is 45.7 Å². The summed E-state index contributed by atoms with van der Waals surface area (Å²) in [7, 11) is 1.59. The predicted octanol–water partition coefficient (Wildman–Crippen LogP) is 6.38. The minimum Gasteiger partial charge on any atom is -0.494 e. The van der Waals surface area contributed by atoms with Crippen LogP contribution < -0.4 is 9.64 Å². The molecule has 1 heterocycles. The highest BCUT2D eigenvalue weighted by Crippen LogP contribution is 2.39. The van der Waals surface area contributed by atoms with E-state index in [-0.39, 0.29) is 24.1 Å². The van der Waals surface area contributed by atoms with Gasteiger partial charge in [-0.25, -0.2) is 9.37 Å². The Morgan fingerprint density at radius 2 is 1.85 bits per heavy atom. The zero-order chi connectivity index (χ0) is 23.1. The van der Waals surface area contributed by atoms with Crippen molar-refractivity contribution in [2.75, 3.05) is 43.9 Å². The molecule has 0 fully saturated rings. The molecule has 5 nitrogen and oxygen atoms in total. The SMILES string of the molecule is CCN(CC)CCN(C(=O)CCSc1ccc(F)cc1)c1nc2c(OC)ccc(Cl)c2s1.Cl. The van der Waals surface area contributed by atoms with Crippen LogP contribution in [-0.2, 0) is 4.79 Å². The van der Waals surface area contributed by atoms with Crippen molar-refractivity contribution >= 4 is 68.4 Å². The fraction of sp³-hybridized carbons (Fsp3) is 0.391. The number of hydrogen-bond acceptors (Lipinski definition) is 6. The molecular weight excluding hydrogens is 504 g/mol.